The van der Waals surface area contributed by atoms with E-state index in [1.807, 2.05) is 6.20 Å². The highest BCUT2D eigenvalue weighted by Crippen LogP contribution is 2.48. The number of aryl methyl sites for hydroxylation is 2. The molecule has 3 aromatic rings. The van der Waals surface area contributed by atoms with Gasteiger partial charge in [-0.15, -0.1) is 0 Å². The van der Waals surface area contributed by atoms with Crippen molar-refractivity contribution in [2.75, 3.05) is 0 Å². The number of nitrogens with zero attached hydrogens (tertiary/aromatic N) is 1. The van der Waals surface area contributed by atoms with Gasteiger partial charge in [-0.3, -0.25) is 4.98 Å². The van der Waals surface area contributed by atoms with Gasteiger partial charge in [0.25, 0.3) is 5.79 Å². The lowest BCUT2D eigenvalue weighted by Crippen LogP contribution is -2.40. The molecule has 2 aliphatic rings. The van der Waals surface area contributed by atoms with Crippen molar-refractivity contribution < 1.29 is 9.47 Å². The van der Waals surface area contributed by atoms with Crippen molar-refractivity contribution in [3.8, 4) is 22.8 Å². The van der Waals surface area contributed by atoms with Crippen LogP contribution in [0.2, 0.25) is 0 Å². The monoisotopic (exact) mass is 345 g/mol. The molecule has 0 saturated heterocycles. The van der Waals surface area contributed by atoms with Crippen LogP contribution in [-0.4, -0.2) is 10.8 Å². The lowest BCUT2D eigenvalue weighted by Gasteiger charge is -2.31. The molecule has 26 heavy (non-hydrogen) atoms. The molecule has 0 N–H and O–H groups in total. The van der Waals surface area contributed by atoms with E-state index in [1.54, 1.807) is 0 Å². The summed E-state index contributed by atoms with van der Waals surface area (Å²) in [4.78, 5) is 4.69. The molecule has 2 aromatic carbocycles. The van der Waals surface area contributed by atoms with Crippen LogP contribution in [0.25, 0.3) is 22.0 Å². The Morgan fingerprint density at radius 2 is 1.54 bits per heavy atom. The van der Waals surface area contributed by atoms with E-state index in [-0.39, 0.29) is 0 Å². The molecule has 1 aromatic heterocycles. The summed E-state index contributed by atoms with van der Waals surface area (Å²) in [6.07, 6.45) is 7.44. The molecule has 0 atom stereocenters. The second kappa shape index (κ2) is 5.73. The van der Waals surface area contributed by atoms with Gasteiger partial charge in [0.2, 0.25) is 0 Å². The lowest BCUT2D eigenvalue weighted by atomic mass is 9.94. The van der Waals surface area contributed by atoms with Crippen molar-refractivity contribution in [1.29, 1.82) is 0 Å². The second-order valence-electron chi connectivity index (χ2n) is 7.73. The summed E-state index contributed by atoms with van der Waals surface area (Å²) in [7, 11) is 0. The van der Waals surface area contributed by atoms with Gasteiger partial charge >= 0.3 is 0 Å². The molecule has 1 aliphatic heterocycles. The fraction of sp³-hybridized carbons (Fsp3) is 0.348. The Morgan fingerprint density at radius 1 is 0.846 bits per heavy atom. The van der Waals surface area contributed by atoms with Crippen molar-refractivity contribution in [2.24, 2.45) is 0 Å². The van der Waals surface area contributed by atoms with Crippen LogP contribution in [0, 0.1) is 13.8 Å². The molecule has 0 amide bonds. The molecule has 132 valence electrons. The van der Waals surface area contributed by atoms with Crippen LogP contribution < -0.4 is 9.47 Å². The standard InChI is InChI=1S/C23H23NO2/c1-15-10-16(2)12-18(11-15)22-19-14-21-20(13-17(19)6-9-24-22)25-23(26-21)7-4-3-5-8-23/h6,9-14H,3-5,7-8H2,1-2H3. The molecule has 1 spiro atoms. The van der Waals surface area contributed by atoms with Gasteiger partial charge in [-0.25, -0.2) is 0 Å². The molecular formula is C23H23NO2. The predicted molar refractivity (Wildman–Crippen MR) is 104 cm³/mol. The van der Waals surface area contributed by atoms with Gasteiger partial charge in [0.05, 0.1) is 5.69 Å². The van der Waals surface area contributed by atoms with Crippen LogP contribution in [0.15, 0.2) is 42.6 Å². The van der Waals surface area contributed by atoms with E-state index in [1.165, 1.54) is 30.4 Å². The summed E-state index contributed by atoms with van der Waals surface area (Å²) in [5, 5.41) is 2.26. The first kappa shape index (κ1) is 15.7. The van der Waals surface area contributed by atoms with E-state index in [0.29, 0.717) is 0 Å². The van der Waals surface area contributed by atoms with Crippen molar-refractivity contribution >= 4 is 10.8 Å². The molecule has 3 nitrogen and oxygen atoms in total. The van der Waals surface area contributed by atoms with E-state index in [0.717, 1.165) is 46.4 Å². The first-order valence-corrected chi connectivity index (χ1v) is 9.51. The van der Waals surface area contributed by atoms with Gasteiger partial charge < -0.3 is 9.47 Å². The van der Waals surface area contributed by atoms with Gasteiger partial charge in [-0.2, -0.15) is 0 Å². The van der Waals surface area contributed by atoms with Crippen LogP contribution in [0.3, 0.4) is 0 Å². The Morgan fingerprint density at radius 3 is 2.27 bits per heavy atom. The third-order valence-corrected chi connectivity index (χ3v) is 5.53. The maximum atomic E-state index is 6.33. The topological polar surface area (TPSA) is 31.4 Å². The maximum Gasteiger partial charge on any atom is 0.251 e. The number of benzene rings is 2. The maximum absolute atomic E-state index is 6.33. The number of pyridine rings is 1. The van der Waals surface area contributed by atoms with E-state index in [9.17, 15) is 0 Å². The fourth-order valence-corrected chi connectivity index (χ4v) is 4.40. The first-order valence-electron chi connectivity index (χ1n) is 9.51. The minimum absolute atomic E-state index is 0.439. The zero-order valence-corrected chi connectivity index (χ0v) is 15.3. The molecule has 3 heteroatoms. The number of ether oxygens (including phenoxy) is 2. The van der Waals surface area contributed by atoms with Crippen LogP contribution in [-0.2, 0) is 0 Å². The Labute approximate surface area is 154 Å². The van der Waals surface area contributed by atoms with Gasteiger partial charge in [0, 0.05) is 30.0 Å². The Bertz CT molecular complexity index is 982. The van der Waals surface area contributed by atoms with Crippen LogP contribution in [0.5, 0.6) is 11.5 Å². The van der Waals surface area contributed by atoms with E-state index < -0.39 is 5.79 Å². The average molecular weight is 345 g/mol. The van der Waals surface area contributed by atoms with Crippen molar-refractivity contribution in [3.63, 3.8) is 0 Å². The van der Waals surface area contributed by atoms with Crippen molar-refractivity contribution in [1.82, 2.24) is 4.98 Å². The minimum atomic E-state index is -0.439. The normalized spacial score (nSPS) is 17.8. The van der Waals surface area contributed by atoms with Gasteiger partial charge in [0.15, 0.2) is 11.5 Å². The molecule has 1 fully saturated rings. The summed E-state index contributed by atoms with van der Waals surface area (Å²) in [5.74, 6) is 1.29. The number of fused-ring (bicyclic) bond motifs is 2. The fourth-order valence-electron chi connectivity index (χ4n) is 4.40. The Balaban J connectivity index is 1.64. The van der Waals surface area contributed by atoms with Gasteiger partial charge in [-0.1, -0.05) is 23.6 Å². The average Bonchev–Trinajstić information content (AvgIpc) is 2.95. The summed E-state index contributed by atoms with van der Waals surface area (Å²) in [6, 6.07) is 12.9. The molecule has 2 heterocycles. The summed E-state index contributed by atoms with van der Waals surface area (Å²) >= 11 is 0. The number of aromatic nitrogens is 1. The van der Waals surface area contributed by atoms with E-state index in [2.05, 4.69) is 50.2 Å². The summed E-state index contributed by atoms with van der Waals surface area (Å²) in [5.41, 5.74) is 4.66. The zero-order valence-electron chi connectivity index (χ0n) is 15.3. The lowest BCUT2D eigenvalue weighted by molar-refractivity contribution is -0.105. The predicted octanol–water partition coefficient (Wildman–Crippen LogP) is 5.95. The molecule has 1 aliphatic carbocycles. The minimum Gasteiger partial charge on any atom is -0.448 e. The quantitative estimate of drug-likeness (QED) is 0.546. The van der Waals surface area contributed by atoms with E-state index >= 15 is 0 Å². The van der Waals surface area contributed by atoms with Crippen LogP contribution in [0.4, 0.5) is 0 Å². The Kier molecular flexibility index (Phi) is 3.46. The van der Waals surface area contributed by atoms with Crippen LogP contribution in [0.1, 0.15) is 43.2 Å². The third kappa shape index (κ3) is 2.54. The highest BCUT2D eigenvalue weighted by molar-refractivity contribution is 5.96. The molecule has 0 radical (unpaired) electrons. The molecule has 0 bridgehead atoms. The third-order valence-electron chi connectivity index (χ3n) is 5.53. The number of rotatable bonds is 1. The molecular weight excluding hydrogens is 322 g/mol. The first-order chi connectivity index (χ1) is 12.6. The molecule has 5 rings (SSSR count). The second-order valence-corrected chi connectivity index (χ2v) is 7.73. The SMILES string of the molecule is Cc1cc(C)cc(-c2nccc3cc4c(cc23)OC2(CCCCC2)O4)c1. The van der Waals surface area contributed by atoms with Crippen LogP contribution >= 0.6 is 0 Å². The largest absolute Gasteiger partial charge is 0.448 e. The molecule has 0 unspecified atom stereocenters. The summed E-state index contributed by atoms with van der Waals surface area (Å²) < 4.78 is 12.6. The van der Waals surface area contributed by atoms with Gasteiger partial charge in [0.1, 0.15) is 0 Å². The zero-order chi connectivity index (χ0) is 17.7. The molecule has 1 saturated carbocycles. The highest BCUT2D eigenvalue weighted by Gasteiger charge is 2.42. The van der Waals surface area contributed by atoms with Gasteiger partial charge in [-0.05, 0) is 62.4 Å². The Hall–Kier alpha value is -2.55. The van der Waals surface area contributed by atoms with E-state index in [4.69, 9.17) is 14.5 Å². The number of hydrogen-bond donors (Lipinski definition) is 0. The number of hydrogen-bond acceptors (Lipinski definition) is 3. The van der Waals surface area contributed by atoms with Crippen molar-refractivity contribution in [2.45, 2.75) is 51.7 Å². The van der Waals surface area contributed by atoms with Crippen molar-refractivity contribution in [3.05, 3.63) is 53.7 Å². The summed E-state index contributed by atoms with van der Waals surface area (Å²) in [6.45, 7) is 4.26. The highest BCUT2D eigenvalue weighted by atomic mass is 16.7. The smallest absolute Gasteiger partial charge is 0.251 e.